The van der Waals surface area contributed by atoms with E-state index in [1.807, 2.05) is 6.07 Å². The van der Waals surface area contributed by atoms with Crippen molar-refractivity contribution in [2.75, 3.05) is 12.4 Å². The van der Waals surface area contributed by atoms with Gasteiger partial charge in [-0.3, -0.25) is 15.1 Å². The molecule has 8 nitrogen and oxygen atoms in total. The number of aromatic nitrogens is 2. The van der Waals surface area contributed by atoms with E-state index < -0.39 is 11.9 Å². The number of benzene rings is 1. The van der Waals surface area contributed by atoms with E-state index in [1.165, 1.54) is 37.6 Å². The van der Waals surface area contributed by atoms with Gasteiger partial charge < -0.3 is 9.84 Å². The van der Waals surface area contributed by atoms with Gasteiger partial charge in [0.15, 0.2) is 5.13 Å². The zero-order valence-electron chi connectivity index (χ0n) is 14.0. The van der Waals surface area contributed by atoms with Gasteiger partial charge in [0.05, 0.1) is 18.9 Å². The molecule has 0 unspecified atom stereocenters. The molecule has 0 saturated heterocycles. The van der Waals surface area contributed by atoms with Gasteiger partial charge in [0, 0.05) is 17.3 Å². The molecule has 0 spiro atoms. The number of amides is 1. The van der Waals surface area contributed by atoms with Crippen LogP contribution in [0.4, 0.5) is 5.13 Å². The van der Waals surface area contributed by atoms with Crippen molar-refractivity contribution < 1.29 is 19.4 Å². The fourth-order valence-electron chi connectivity index (χ4n) is 2.27. The highest BCUT2D eigenvalue weighted by atomic mass is 32.1. The number of carbonyl (C=O) groups is 2. The molecule has 0 aliphatic rings. The number of aromatic carboxylic acids is 1. The SMILES string of the molecule is COc1cncc(-c2nc(NC(=O)c3cccc(C(=O)O)c3)sc2C#N)c1. The number of carboxylic acid groups (broad SMARTS) is 1. The van der Waals surface area contributed by atoms with E-state index in [1.54, 1.807) is 12.3 Å². The maximum Gasteiger partial charge on any atom is 0.335 e. The Morgan fingerprint density at radius 1 is 1.26 bits per heavy atom. The van der Waals surface area contributed by atoms with Crippen LogP contribution < -0.4 is 10.1 Å². The highest BCUT2D eigenvalue weighted by Crippen LogP contribution is 2.31. The van der Waals surface area contributed by atoms with Crippen molar-refractivity contribution in [3.8, 4) is 23.1 Å². The molecule has 2 N–H and O–H groups in total. The van der Waals surface area contributed by atoms with E-state index >= 15 is 0 Å². The van der Waals surface area contributed by atoms with E-state index in [9.17, 15) is 14.9 Å². The fraction of sp³-hybridized carbons (Fsp3) is 0.0556. The Kier molecular flexibility index (Phi) is 5.10. The van der Waals surface area contributed by atoms with Gasteiger partial charge in [-0.15, -0.1) is 0 Å². The standard InChI is InChI=1S/C18H12N4O4S/c1-26-13-6-12(8-20-9-13)15-14(7-19)27-18(21-15)22-16(23)10-3-2-4-11(5-10)17(24)25/h2-6,8-9H,1H3,(H,24,25)(H,21,22,23). The second kappa shape index (κ2) is 7.63. The van der Waals surface area contributed by atoms with Gasteiger partial charge in [-0.25, -0.2) is 9.78 Å². The van der Waals surface area contributed by atoms with E-state index in [0.717, 1.165) is 11.3 Å². The highest BCUT2D eigenvalue weighted by Gasteiger charge is 2.17. The summed E-state index contributed by atoms with van der Waals surface area (Å²) < 4.78 is 5.12. The number of anilines is 1. The lowest BCUT2D eigenvalue weighted by Crippen LogP contribution is -2.12. The number of methoxy groups -OCH3 is 1. The molecule has 134 valence electrons. The molecular formula is C18H12N4O4S. The fourth-order valence-corrected chi connectivity index (χ4v) is 3.05. The van der Waals surface area contributed by atoms with Crippen LogP contribution in [0.2, 0.25) is 0 Å². The molecule has 2 heterocycles. The average molecular weight is 380 g/mol. The molecule has 27 heavy (non-hydrogen) atoms. The summed E-state index contributed by atoms with van der Waals surface area (Å²) in [5.74, 6) is -1.13. The quantitative estimate of drug-likeness (QED) is 0.697. The van der Waals surface area contributed by atoms with Gasteiger partial charge in [0.2, 0.25) is 0 Å². The van der Waals surface area contributed by atoms with Crippen LogP contribution in [0.5, 0.6) is 5.75 Å². The molecular weight excluding hydrogens is 368 g/mol. The van der Waals surface area contributed by atoms with Crippen molar-refractivity contribution in [3.05, 3.63) is 58.7 Å². The molecule has 0 aliphatic heterocycles. The molecule has 3 aromatic rings. The minimum Gasteiger partial charge on any atom is -0.495 e. The van der Waals surface area contributed by atoms with Crippen molar-refractivity contribution in [1.29, 1.82) is 5.26 Å². The van der Waals surface area contributed by atoms with Crippen LogP contribution in [0.3, 0.4) is 0 Å². The zero-order valence-corrected chi connectivity index (χ0v) is 14.8. The summed E-state index contributed by atoms with van der Waals surface area (Å²) in [6.07, 6.45) is 3.07. The van der Waals surface area contributed by atoms with Crippen LogP contribution in [0.1, 0.15) is 25.6 Å². The van der Waals surface area contributed by atoms with Crippen molar-refractivity contribution in [2.45, 2.75) is 0 Å². The van der Waals surface area contributed by atoms with Crippen molar-refractivity contribution >= 4 is 28.3 Å². The molecule has 2 aromatic heterocycles. The van der Waals surface area contributed by atoms with Gasteiger partial charge in [-0.2, -0.15) is 5.26 Å². The highest BCUT2D eigenvalue weighted by molar-refractivity contribution is 7.16. The first kappa shape index (κ1) is 18.0. The molecule has 0 fully saturated rings. The summed E-state index contributed by atoms with van der Waals surface area (Å²) in [6, 6.07) is 9.37. The monoisotopic (exact) mass is 380 g/mol. The zero-order chi connectivity index (χ0) is 19.4. The van der Waals surface area contributed by atoms with Crippen LogP contribution in [0.25, 0.3) is 11.3 Å². The number of rotatable bonds is 5. The van der Waals surface area contributed by atoms with Gasteiger partial charge in [0.1, 0.15) is 22.4 Å². The number of pyridine rings is 1. The molecule has 9 heteroatoms. The van der Waals surface area contributed by atoms with Crippen LogP contribution >= 0.6 is 11.3 Å². The lowest BCUT2D eigenvalue weighted by molar-refractivity contribution is 0.0697. The van der Waals surface area contributed by atoms with Gasteiger partial charge >= 0.3 is 5.97 Å². The number of nitriles is 1. The van der Waals surface area contributed by atoms with Crippen LogP contribution in [-0.2, 0) is 0 Å². The second-order valence-corrected chi connectivity index (χ2v) is 6.26. The van der Waals surface area contributed by atoms with E-state index in [2.05, 4.69) is 15.3 Å². The van der Waals surface area contributed by atoms with Crippen LogP contribution in [0.15, 0.2) is 42.7 Å². The summed E-state index contributed by atoms with van der Waals surface area (Å²) in [4.78, 5) is 32.1. The Balaban J connectivity index is 1.89. The molecule has 0 atom stereocenters. The van der Waals surface area contributed by atoms with Crippen molar-refractivity contribution in [1.82, 2.24) is 9.97 Å². The van der Waals surface area contributed by atoms with Gasteiger partial charge in [-0.05, 0) is 24.3 Å². The first-order valence-electron chi connectivity index (χ1n) is 7.57. The third-order valence-electron chi connectivity index (χ3n) is 3.54. The molecule has 1 amide bonds. The lowest BCUT2D eigenvalue weighted by Gasteiger charge is -2.03. The molecule has 0 bridgehead atoms. The Bertz CT molecular complexity index is 1070. The molecule has 0 aliphatic carbocycles. The number of nitrogens with zero attached hydrogens (tertiary/aromatic N) is 3. The van der Waals surface area contributed by atoms with E-state index in [0.29, 0.717) is 21.9 Å². The number of carbonyl (C=O) groups excluding carboxylic acids is 1. The Hall–Kier alpha value is -3.77. The Labute approximate surface area is 157 Å². The third-order valence-corrected chi connectivity index (χ3v) is 4.42. The summed E-state index contributed by atoms with van der Waals surface area (Å²) in [7, 11) is 1.50. The molecule has 3 rings (SSSR count). The summed E-state index contributed by atoms with van der Waals surface area (Å²) in [5, 5.41) is 21.2. The Morgan fingerprint density at radius 3 is 2.74 bits per heavy atom. The normalized spacial score (nSPS) is 10.1. The lowest BCUT2D eigenvalue weighted by atomic mass is 10.1. The number of ether oxygens (including phenoxy) is 1. The van der Waals surface area contributed by atoms with E-state index in [4.69, 9.17) is 9.84 Å². The largest absolute Gasteiger partial charge is 0.495 e. The molecule has 0 radical (unpaired) electrons. The first-order chi connectivity index (χ1) is 13.0. The third kappa shape index (κ3) is 3.91. The predicted octanol–water partition coefficient (Wildman–Crippen LogP) is 3.04. The number of hydrogen-bond acceptors (Lipinski definition) is 7. The van der Waals surface area contributed by atoms with Gasteiger partial charge in [-0.1, -0.05) is 17.4 Å². The molecule has 0 saturated carbocycles. The Morgan fingerprint density at radius 2 is 2.04 bits per heavy atom. The number of hydrogen-bond donors (Lipinski definition) is 2. The average Bonchev–Trinajstić information content (AvgIpc) is 3.11. The number of nitrogens with one attached hydrogen (secondary N) is 1. The van der Waals surface area contributed by atoms with Crippen molar-refractivity contribution in [2.24, 2.45) is 0 Å². The summed E-state index contributed by atoms with van der Waals surface area (Å²) >= 11 is 1.01. The maximum atomic E-state index is 12.4. The van der Waals surface area contributed by atoms with E-state index in [-0.39, 0.29) is 16.3 Å². The number of thiazole rings is 1. The minimum absolute atomic E-state index is 0.00245. The minimum atomic E-state index is -1.13. The first-order valence-corrected chi connectivity index (χ1v) is 8.38. The smallest absolute Gasteiger partial charge is 0.335 e. The summed E-state index contributed by atoms with van der Waals surface area (Å²) in [5.41, 5.74) is 1.13. The van der Waals surface area contributed by atoms with Crippen LogP contribution in [0, 0.1) is 11.3 Å². The van der Waals surface area contributed by atoms with Crippen molar-refractivity contribution in [3.63, 3.8) is 0 Å². The molecule has 1 aromatic carbocycles. The summed E-state index contributed by atoms with van der Waals surface area (Å²) in [6.45, 7) is 0. The maximum absolute atomic E-state index is 12.4. The second-order valence-electron chi connectivity index (χ2n) is 5.26. The number of carboxylic acids is 1. The van der Waals surface area contributed by atoms with Gasteiger partial charge in [0.25, 0.3) is 5.91 Å². The van der Waals surface area contributed by atoms with Crippen LogP contribution in [-0.4, -0.2) is 34.1 Å². The topological polar surface area (TPSA) is 125 Å². The predicted molar refractivity (Wildman–Crippen MR) is 98.0 cm³/mol.